The first-order valence-corrected chi connectivity index (χ1v) is 9.40. The van der Waals surface area contributed by atoms with Gasteiger partial charge in [0.1, 0.15) is 0 Å². The number of nitrogens with one attached hydrogen (secondary N) is 1. The first-order chi connectivity index (χ1) is 12.6. The number of rotatable bonds is 7. The summed E-state index contributed by atoms with van der Waals surface area (Å²) < 4.78 is 0. The van der Waals surface area contributed by atoms with Gasteiger partial charge in [0, 0.05) is 29.3 Å². The number of benzene rings is 2. The second kappa shape index (κ2) is 9.68. The van der Waals surface area contributed by atoms with Crippen molar-refractivity contribution in [3.8, 4) is 0 Å². The number of carbonyl (C=O) groups excluding carboxylic acids is 2. The van der Waals surface area contributed by atoms with Crippen LogP contribution in [-0.4, -0.2) is 35.0 Å². The largest absolute Gasteiger partial charge is 0.350 e. The Morgan fingerprint density at radius 1 is 1.18 bits per heavy atom. The van der Waals surface area contributed by atoms with Crippen LogP contribution in [0.15, 0.2) is 47.4 Å². The summed E-state index contributed by atoms with van der Waals surface area (Å²) in [7, 11) is 0. The lowest BCUT2D eigenvalue weighted by Crippen LogP contribution is -2.45. The van der Waals surface area contributed by atoms with Gasteiger partial charge in [0.25, 0.3) is 11.6 Å². The van der Waals surface area contributed by atoms with E-state index in [1.165, 1.54) is 42.1 Å². The quantitative estimate of drug-likeness (QED) is 0.305. The Kier molecular flexibility index (Phi) is 8.16. The molecule has 0 aliphatic heterocycles. The lowest BCUT2D eigenvalue weighted by molar-refractivity contribution is -0.387. The number of nitro benzene ring substituents is 1. The van der Waals surface area contributed by atoms with E-state index >= 15 is 0 Å². The van der Waals surface area contributed by atoms with E-state index in [0.29, 0.717) is 4.90 Å². The van der Waals surface area contributed by atoms with E-state index in [4.69, 9.17) is 5.73 Å². The minimum Gasteiger partial charge on any atom is -0.350 e. The first-order valence-electron chi connectivity index (χ1n) is 8.17. The number of hydrogen-bond acceptors (Lipinski definition) is 6. The van der Waals surface area contributed by atoms with E-state index in [2.05, 4.69) is 5.32 Å². The van der Waals surface area contributed by atoms with E-state index in [1.54, 1.807) is 32.2 Å². The Hall–Kier alpha value is -2.42. The molecule has 0 fully saturated rings. The number of halogens is 1. The average Bonchev–Trinajstić information content (AvgIpc) is 2.64. The summed E-state index contributed by atoms with van der Waals surface area (Å²) in [6.07, 6.45) is 1.72. The van der Waals surface area contributed by atoms with Gasteiger partial charge in [-0.1, -0.05) is 18.2 Å². The molecule has 0 aliphatic carbocycles. The zero-order chi connectivity index (χ0) is 20.2. The predicted molar refractivity (Wildman–Crippen MR) is 113 cm³/mol. The third-order valence-electron chi connectivity index (χ3n) is 3.76. The number of hydrogen-bond donors (Lipinski definition) is 2. The number of carbonyl (C=O) groups is 2. The summed E-state index contributed by atoms with van der Waals surface area (Å²) in [6.45, 7) is 3.79. The van der Waals surface area contributed by atoms with Crippen LogP contribution in [-0.2, 0) is 0 Å². The van der Waals surface area contributed by atoms with Gasteiger partial charge in [0.15, 0.2) is 5.78 Å². The van der Waals surface area contributed by atoms with Crippen LogP contribution >= 0.6 is 24.2 Å². The number of nitrogens with zero attached hydrogens (tertiary/aromatic N) is 1. The molecule has 2 rings (SSSR count). The number of thioether (sulfide) groups is 1. The van der Waals surface area contributed by atoms with Crippen LogP contribution in [0.1, 0.15) is 40.1 Å². The molecule has 0 spiro atoms. The average molecular weight is 424 g/mol. The molecule has 2 aromatic rings. The fourth-order valence-corrected chi connectivity index (χ4v) is 2.96. The molecular weight excluding hydrogens is 402 g/mol. The molecule has 0 radical (unpaired) electrons. The molecule has 0 bridgehead atoms. The molecule has 0 unspecified atom stereocenters. The van der Waals surface area contributed by atoms with Gasteiger partial charge >= 0.3 is 0 Å². The number of amides is 1. The van der Waals surface area contributed by atoms with Gasteiger partial charge in [0.2, 0.25) is 0 Å². The minimum absolute atomic E-state index is 0. The van der Waals surface area contributed by atoms with Crippen LogP contribution in [0.25, 0.3) is 0 Å². The molecule has 9 heteroatoms. The van der Waals surface area contributed by atoms with Crippen LogP contribution in [0.2, 0.25) is 0 Å². The summed E-state index contributed by atoms with van der Waals surface area (Å²) in [5.41, 5.74) is 5.67. The molecule has 150 valence electrons. The molecule has 1 amide bonds. The fraction of sp³-hybridized carbons (Fsp3) is 0.263. The molecule has 0 aromatic heterocycles. The van der Waals surface area contributed by atoms with Crippen molar-refractivity contribution in [3.63, 3.8) is 0 Å². The van der Waals surface area contributed by atoms with Crippen molar-refractivity contribution in [2.45, 2.75) is 24.3 Å². The molecular formula is C19H22ClN3O4S. The molecule has 0 heterocycles. The van der Waals surface area contributed by atoms with Crippen LogP contribution in [0, 0.1) is 10.1 Å². The van der Waals surface area contributed by atoms with Crippen molar-refractivity contribution in [2.75, 3.05) is 12.8 Å². The minimum atomic E-state index is -0.594. The van der Waals surface area contributed by atoms with Gasteiger partial charge in [-0.25, -0.2) is 0 Å². The third kappa shape index (κ3) is 5.79. The smallest absolute Gasteiger partial charge is 0.283 e. The van der Waals surface area contributed by atoms with Crippen molar-refractivity contribution in [2.24, 2.45) is 5.73 Å². The summed E-state index contributed by atoms with van der Waals surface area (Å²) in [4.78, 5) is 36.6. The van der Waals surface area contributed by atoms with Gasteiger partial charge < -0.3 is 11.1 Å². The Balaban J connectivity index is 0.00000392. The van der Waals surface area contributed by atoms with Crippen molar-refractivity contribution >= 4 is 41.5 Å². The second-order valence-corrected chi connectivity index (χ2v) is 7.54. The summed E-state index contributed by atoms with van der Waals surface area (Å²) >= 11 is 1.23. The van der Waals surface area contributed by atoms with Crippen LogP contribution in [0.5, 0.6) is 0 Å². The lowest BCUT2D eigenvalue weighted by atomic mass is 9.97. The first kappa shape index (κ1) is 23.6. The monoisotopic (exact) mass is 423 g/mol. The number of nitrogens with two attached hydrogens (primary N) is 1. The van der Waals surface area contributed by atoms with Gasteiger partial charge in [-0.3, -0.25) is 19.7 Å². The zero-order valence-electron chi connectivity index (χ0n) is 15.7. The highest BCUT2D eigenvalue weighted by Gasteiger charge is 2.22. The van der Waals surface area contributed by atoms with E-state index in [0.717, 1.165) is 0 Å². The Morgan fingerprint density at radius 2 is 1.79 bits per heavy atom. The maximum atomic E-state index is 12.9. The maximum absolute atomic E-state index is 12.9. The van der Waals surface area contributed by atoms with E-state index in [-0.39, 0.29) is 41.3 Å². The van der Waals surface area contributed by atoms with Crippen LogP contribution < -0.4 is 11.1 Å². The topological polar surface area (TPSA) is 115 Å². The van der Waals surface area contributed by atoms with Gasteiger partial charge in [0.05, 0.1) is 15.4 Å². The van der Waals surface area contributed by atoms with Gasteiger partial charge in [-0.15, -0.1) is 24.2 Å². The summed E-state index contributed by atoms with van der Waals surface area (Å²) in [5, 5.41) is 14.0. The lowest BCUT2D eigenvalue weighted by Gasteiger charge is -2.19. The summed E-state index contributed by atoms with van der Waals surface area (Å²) in [5.74, 6) is -0.878. The molecule has 0 aliphatic rings. The van der Waals surface area contributed by atoms with Crippen molar-refractivity contribution in [1.82, 2.24) is 5.32 Å². The Bertz CT molecular complexity index is 897. The molecule has 2 aromatic carbocycles. The fourth-order valence-electron chi connectivity index (χ4n) is 2.41. The van der Waals surface area contributed by atoms with Crippen LogP contribution in [0.3, 0.4) is 0 Å². The van der Waals surface area contributed by atoms with E-state index in [1.807, 2.05) is 0 Å². The highest BCUT2D eigenvalue weighted by Crippen LogP contribution is 2.29. The Labute approximate surface area is 173 Å². The SMILES string of the molecule is CSc1ccc(C(=O)c2ccccc2C(=O)NCC(C)(C)N)cc1[N+](=O)[O-].Cl. The molecule has 7 nitrogen and oxygen atoms in total. The molecule has 0 atom stereocenters. The van der Waals surface area contributed by atoms with Crippen molar-refractivity contribution in [1.29, 1.82) is 0 Å². The van der Waals surface area contributed by atoms with E-state index < -0.39 is 22.2 Å². The number of nitro groups is 1. The Morgan fingerprint density at radius 3 is 2.32 bits per heavy atom. The third-order valence-corrected chi connectivity index (χ3v) is 4.54. The van der Waals surface area contributed by atoms with Gasteiger partial charge in [-0.2, -0.15) is 0 Å². The zero-order valence-corrected chi connectivity index (χ0v) is 17.4. The molecule has 0 saturated heterocycles. The molecule has 28 heavy (non-hydrogen) atoms. The van der Waals surface area contributed by atoms with Crippen LogP contribution in [0.4, 0.5) is 5.69 Å². The normalized spacial score (nSPS) is 10.7. The van der Waals surface area contributed by atoms with Crippen molar-refractivity contribution in [3.05, 3.63) is 69.3 Å². The molecule has 3 N–H and O–H groups in total. The highest BCUT2D eigenvalue weighted by molar-refractivity contribution is 7.98. The standard InChI is InChI=1S/C19H21N3O4S.ClH/c1-19(2,20)11-21-18(24)14-7-5-4-6-13(14)17(23)12-8-9-16(27-3)15(10-12)22(25)26;/h4-10H,11,20H2,1-3H3,(H,21,24);1H. The van der Waals surface area contributed by atoms with E-state index in [9.17, 15) is 19.7 Å². The van der Waals surface area contributed by atoms with Gasteiger partial charge in [-0.05, 0) is 38.3 Å². The predicted octanol–water partition coefficient (Wildman–Crippen LogP) is 3.44. The van der Waals surface area contributed by atoms with Crippen molar-refractivity contribution < 1.29 is 14.5 Å². The number of ketones is 1. The maximum Gasteiger partial charge on any atom is 0.283 e. The second-order valence-electron chi connectivity index (χ2n) is 6.69. The highest BCUT2D eigenvalue weighted by atomic mass is 35.5. The molecule has 0 saturated carbocycles. The summed E-state index contributed by atoms with van der Waals surface area (Å²) in [6, 6.07) is 10.7.